The fourth-order valence-electron chi connectivity index (χ4n) is 3.01. The van der Waals surface area contributed by atoms with Gasteiger partial charge in [0, 0.05) is 34.1 Å². The van der Waals surface area contributed by atoms with Crippen LogP contribution in [0.1, 0.15) is 52.9 Å². The first-order valence-electron chi connectivity index (χ1n) is 7.26. The van der Waals surface area contributed by atoms with Crippen LogP contribution in [0.4, 0.5) is 0 Å². The smallest absolute Gasteiger partial charge is 0.107 e. The molecule has 1 saturated heterocycles. The van der Waals surface area contributed by atoms with Crippen molar-refractivity contribution in [2.24, 2.45) is 5.73 Å². The maximum Gasteiger partial charge on any atom is 0.107 e. The number of aryl methyl sites for hydroxylation is 1. The minimum Gasteiger partial charge on any atom is -0.330 e. The second-order valence-corrected chi connectivity index (χ2v) is 9.01. The summed E-state index contributed by atoms with van der Waals surface area (Å²) in [6.07, 6.45) is 5.01. The van der Waals surface area contributed by atoms with Crippen molar-refractivity contribution in [1.82, 2.24) is 4.98 Å². The molecule has 0 spiro atoms. The van der Waals surface area contributed by atoms with Crippen molar-refractivity contribution in [2.45, 2.75) is 49.0 Å². The lowest BCUT2D eigenvalue weighted by atomic mass is 9.91. The van der Waals surface area contributed by atoms with E-state index in [0.29, 0.717) is 11.2 Å². The minimum atomic E-state index is 0.523. The Kier molecular flexibility index (Phi) is 4.78. The summed E-state index contributed by atoms with van der Waals surface area (Å²) in [4.78, 5) is 6.56. The van der Waals surface area contributed by atoms with Gasteiger partial charge in [0.2, 0.25) is 0 Å². The van der Waals surface area contributed by atoms with Gasteiger partial charge in [0.05, 0.1) is 10.9 Å². The first kappa shape index (κ1) is 14.2. The highest BCUT2D eigenvalue weighted by molar-refractivity contribution is 8.06. The number of nitrogens with two attached hydrogens (primary N) is 1. The number of nitrogens with zero attached hydrogens (tertiary/aromatic N) is 1. The summed E-state index contributed by atoms with van der Waals surface area (Å²) < 4.78 is 0. The third-order valence-electron chi connectivity index (χ3n) is 4.07. The molecule has 2 aliphatic rings. The molecule has 1 aliphatic heterocycles. The lowest BCUT2D eigenvalue weighted by molar-refractivity contribution is 0.552. The molecule has 3 unspecified atom stereocenters. The van der Waals surface area contributed by atoms with Gasteiger partial charge in [-0.3, -0.25) is 0 Å². The maximum absolute atomic E-state index is 5.91. The van der Waals surface area contributed by atoms with Crippen molar-refractivity contribution in [1.29, 1.82) is 0 Å². The zero-order valence-electron chi connectivity index (χ0n) is 11.4. The first-order chi connectivity index (χ1) is 9.33. The standard InChI is InChI=1S/C14H22N2S3/c1-2-10-13(18-7-6-17-10)14-16-12-9(8-15)4-3-5-11(12)19-14/h9-10,13H,2-8,15H2,1H3. The van der Waals surface area contributed by atoms with Crippen LogP contribution in [0.15, 0.2) is 0 Å². The summed E-state index contributed by atoms with van der Waals surface area (Å²) in [5.41, 5.74) is 7.26. The van der Waals surface area contributed by atoms with Crippen LogP contribution in [0.25, 0.3) is 0 Å². The minimum absolute atomic E-state index is 0.523. The van der Waals surface area contributed by atoms with Gasteiger partial charge >= 0.3 is 0 Å². The second kappa shape index (κ2) is 6.37. The van der Waals surface area contributed by atoms with E-state index < -0.39 is 0 Å². The van der Waals surface area contributed by atoms with Crippen LogP contribution in [0.5, 0.6) is 0 Å². The average molecular weight is 315 g/mol. The van der Waals surface area contributed by atoms with Crippen LogP contribution in [0.3, 0.4) is 0 Å². The number of thiazole rings is 1. The van der Waals surface area contributed by atoms with E-state index >= 15 is 0 Å². The van der Waals surface area contributed by atoms with Gasteiger partial charge in [-0.15, -0.1) is 23.1 Å². The first-order valence-corrected chi connectivity index (χ1v) is 10.2. The summed E-state index contributed by atoms with van der Waals surface area (Å²) in [5, 5.41) is 2.76. The predicted octanol–water partition coefficient (Wildman–Crippen LogP) is 3.82. The van der Waals surface area contributed by atoms with Crippen molar-refractivity contribution in [3.05, 3.63) is 15.6 Å². The largest absolute Gasteiger partial charge is 0.330 e. The van der Waals surface area contributed by atoms with Gasteiger partial charge in [0.15, 0.2) is 0 Å². The molecule has 3 atom stereocenters. The summed E-state index contributed by atoms with van der Waals surface area (Å²) in [5.74, 6) is 3.10. The molecule has 0 bridgehead atoms. The van der Waals surface area contributed by atoms with Crippen LogP contribution in [0, 0.1) is 0 Å². The molecule has 1 aliphatic carbocycles. The van der Waals surface area contributed by atoms with Crippen molar-refractivity contribution >= 4 is 34.9 Å². The van der Waals surface area contributed by atoms with Crippen LogP contribution >= 0.6 is 34.9 Å². The molecule has 0 saturated carbocycles. The Labute approximate surface area is 128 Å². The summed E-state index contributed by atoms with van der Waals surface area (Å²) in [6, 6.07) is 0. The topological polar surface area (TPSA) is 38.9 Å². The van der Waals surface area contributed by atoms with Crippen LogP contribution in [-0.2, 0) is 6.42 Å². The number of hydrogen-bond donors (Lipinski definition) is 1. The van der Waals surface area contributed by atoms with Gasteiger partial charge in [0.25, 0.3) is 0 Å². The molecular formula is C14H22N2S3. The lowest BCUT2D eigenvalue weighted by Gasteiger charge is -2.28. The van der Waals surface area contributed by atoms with E-state index in [2.05, 4.69) is 30.4 Å². The number of aromatic nitrogens is 1. The lowest BCUT2D eigenvalue weighted by Crippen LogP contribution is -2.19. The third kappa shape index (κ3) is 2.85. The highest BCUT2D eigenvalue weighted by atomic mass is 32.2. The van der Waals surface area contributed by atoms with E-state index in [1.54, 1.807) is 0 Å². The van der Waals surface area contributed by atoms with Crippen molar-refractivity contribution in [3.8, 4) is 0 Å². The van der Waals surface area contributed by atoms with Crippen molar-refractivity contribution in [3.63, 3.8) is 0 Å². The molecule has 1 aromatic heterocycles. The molecule has 106 valence electrons. The predicted molar refractivity (Wildman–Crippen MR) is 88.6 cm³/mol. The number of fused-ring (bicyclic) bond motifs is 1. The molecule has 1 aromatic rings. The molecule has 0 amide bonds. The molecule has 19 heavy (non-hydrogen) atoms. The average Bonchev–Trinajstić information content (AvgIpc) is 2.90. The second-order valence-electron chi connectivity index (χ2n) is 5.29. The summed E-state index contributed by atoms with van der Waals surface area (Å²) >= 11 is 6.24. The molecule has 3 rings (SSSR count). The SMILES string of the molecule is CCC1SCCSC1c1nc2c(s1)CCCC2CN. The van der Waals surface area contributed by atoms with Crippen molar-refractivity contribution < 1.29 is 0 Å². The number of thioether (sulfide) groups is 2. The van der Waals surface area contributed by atoms with Crippen LogP contribution in [0.2, 0.25) is 0 Å². The number of hydrogen-bond acceptors (Lipinski definition) is 5. The number of rotatable bonds is 3. The van der Waals surface area contributed by atoms with Gasteiger partial charge in [0.1, 0.15) is 5.01 Å². The molecule has 0 radical (unpaired) electrons. The van der Waals surface area contributed by atoms with Crippen LogP contribution in [-0.4, -0.2) is 28.3 Å². The zero-order chi connectivity index (χ0) is 13.2. The molecular weight excluding hydrogens is 292 g/mol. The molecule has 2 N–H and O–H groups in total. The van der Waals surface area contributed by atoms with E-state index in [4.69, 9.17) is 10.7 Å². The van der Waals surface area contributed by atoms with Gasteiger partial charge in [-0.1, -0.05) is 6.92 Å². The Morgan fingerprint density at radius 3 is 2.95 bits per heavy atom. The Bertz CT molecular complexity index is 432. The normalized spacial score (nSPS) is 31.2. The van der Waals surface area contributed by atoms with Gasteiger partial charge in [-0.2, -0.15) is 11.8 Å². The summed E-state index contributed by atoms with van der Waals surface area (Å²) in [7, 11) is 0. The Morgan fingerprint density at radius 2 is 2.16 bits per heavy atom. The quantitative estimate of drug-likeness (QED) is 0.920. The Balaban J connectivity index is 1.87. The fourth-order valence-corrected chi connectivity index (χ4v) is 7.62. The molecule has 5 heteroatoms. The van der Waals surface area contributed by atoms with Crippen LogP contribution < -0.4 is 5.73 Å². The molecule has 0 aromatic carbocycles. The summed E-state index contributed by atoms with van der Waals surface area (Å²) in [6.45, 7) is 3.08. The van der Waals surface area contributed by atoms with E-state index in [1.807, 2.05) is 11.3 Å². The molecule has 1 fully saturated rings. The van der Waals surface area contributed by atoms with E-state index in [0.717, 1.165) is 11.8 Å². The van der Waals surface area contributed by atoms with Gasteiger partial charge in [-0.05, 0) is 25.7 Å². The highest BCUT2D eigenvalue weighted by Gasteiger charge is 2.32. The Morgan fingerprint density at radius 1 is 1.32 bits per heavy atom. The van der Waals surface area contributed by atoms with Gasteiger partial charge in [-0.25, -0.2) is 4.98 Å². The molecule has 2 heterocycles. The highest BCUT2D eigenvalue weighted by Crippen LogP contribution is 2.47. The fraction of sp³-hybridized carbons (Fsp3) is 0.786. The monoisotopic (exact) mass is 314 g/mol. The Hall–Kier alpha value is 0.290. The molecule has 2 nitrogen and oxygen atoms in total. The van der Waals surface area contributed by atoms with E-state index in [-0.39, 0.29) is 0 Å². The van der Waals surface area contributed by atoms with E-state index in [9.17, 15) is 0 Å². The van der Waals surface area contributed by atoms with E-state index in [1.165, 1.54) is 52.8 Å². The maximum atomic E-state index is 5.91. The third-order valence-corrected chi connectivity index (χ3v) is 8.69. The zero-order valence-corrected chi connectivity index (χ0v) is 13.9. The van der Waals surface area contributed by atoms with Gasteiger partial charge < -0.3 is 5.73 Å². The van der Waals surface area contributed by atoms with Crippen molar-refractivity contribution in [2.75, 3.05) is 18.1 Å².